The molecule has 134 valence electrons. The summed E-state index contributed by atoms with van der Waals surface area (Å²) in [5.74, 6) is 4.61. The molecule has 2 aromatic rings. The van der Waals surface area contributed by atoms with Crippen molar-refractivity contribution in [3.05, 3.63) is 65.2 Å². The van der Waals surface area contributed by atoms with Crippen molar-refractivity contribution in [1.82, 2.24) is 0 Å². The van der Waals surface area contributed by atoms with Crippen LogP contribution in [0.5, 0.6) is 5.75 Å². The van der Waals surface area contributed by atoms with Crippen molar-refractivity contribution in [2.75, 3.05) is 0 Å². The summed E-state index contributed by atoms with van der Waals surface area (Å²) in [6, 6.07) is 16.1. The lowest BCUT2D eigenvalue weighted by atomic mass is 9.61. The number of hydrogen-bond donors (Lipinski definition) is 2. The van der Waals surface area contributed by atoms with Crippen LogP contribution in [-0.2, 0) is 23.0 Å². The Morgan fingerprint density at radius 1 is 1.15 bits per heavy atom. The number of phenolic OH excluding ortho intramolecular Hbond substituents is 1. The lowest BCUT2D eigenvalue weighted by molar-refractivity contribution is -0.241. The summed E-state index contributed by atoms with van der Waals surface area (Å²) in [4.78, 5) is 0. The topological polar surface area (TPSA) is 49.7 Å². The van der Waals surface area contributed by atoms with Crippen molar-refractivity contribution in [3.8, 4) is 17.6 Å². The average molecular weight is 348 g/mol. The summed E-state index contributed by atoms with van der Waals surface area (Å²) in [6.45, 7) is 1.73. The first-order valence-corrected chi connectivity index (χ1v) is 9.25. The van der Waals surface area contributed by atoms with Gasteiger partial charge in [0.15, 0.2) is 0 Å². The Morgan fingerprint density at radius 3 is 2.73 bits per heavy atom. The molecule has 3 heteroatoms. The molecule has 2 aromatic carbocycles. The molecule has 2 aliphatic rings. The van der Waals surface area contributed by atoms with Crippen molar-refractivity contribution in [3.63, 3.8) is 0 Å². The van der Waals surface area contributed by atoms with Gasteiger partial charge in [-0.15, -0.1) is 5.92 Å². The molecule has 1 fully saturated rings. The molecule has 1 saturated heterocycles. The highest BCUT2D eigenvalue weighted by Crippen LogP contribution is 2.50. The summed E-state index contributed by atoms with van der Waals surface area (Å²) in [5, 5.41) is 20.7. The van der Waals surface area contributed by atoms with Crippen LogP contribution in [0.2, 0.25) is 0 Å². The molecular formula is C23H24O3. The minimum atomic E-state index is -1.35. The number of benzene rings is 2. The number of aryl methyl sites for hydroxylation is 1. The number of hydrogen-bond acceptors (Lipinski definition) is 3. The molecule has 1 aliphatic carbocycles. The maximum Gasteiger partial charge on any atom is 0.231 e. The van der Waals surface area contributed by atoms with Crippen molar-refractivity contribution in [2.45, 2.75) is 56.3 Å². The first kappa shape index (κ1) is 17.1. The van der Waals surface area contributed by atoms with Gasteiger partial charge in [-0.2, -0.15) is 0 Å². The Morgan fingerprint density at radius 2 is 1.96 bits per heavy atom. The second kappa shape index (κ2) is 6.46. The second-order valence-corrected chi connectivity index (χ2v) is 7.46. The summed E-state index contributed by atoms with van der Waals surface area (Å²) in [7, 11) is 0. The summed E-state index contributed by atoms with van der Waals surface area (Å²) >= 11 is 0. The molecule has 0 bridgehead atoms. The highest BCUT2D eigenvalue weighted by Gasteiger charge is 2.52. The highest BCUT2D eigenvalue weighted by molar-refractivity contribution is 5.45. The third-order valence-corrected chi connectivity index (χ3v) is 5.85. The second-order valence-electron chi connectivity index (χ2n) is 7.46. The molecule has 0 spiro atoms. The lowest BCUT2D eigenvalue weighted by Crippen LogP contribution is -2.56. The fraction of sp³-hybridized carbons (Fsp3) is 0.391. The number of phenols is 1. The van der Waals surface area contributed by atoms with Crippen molar-refractivity contribution in [1.29, 1.82) is 0 Å². The molecule has 4 rings (SSSR count). The van der Waals surface area contributed by atoms with E-state index in [1.807, 2.05) is 18.2 Å². The smallest absolute Gasteiger partial charge is 0.231 e. The van der Waals surface area contributed by atoms with E-state index in [1.165, 1.54) is 16.7 Å². The van der Waals surface area contributed by atoms with Gasteiger partial charge in [0.05, 0.1) is 6.10 Å². The minimum Gasteiger partial charge on any atom is -0.508 e. The molecule has 0 aromatic heterocycles. The van der Waals surface area contributed by atoms with Crippen molar-refractivity contribution >= 4 is 0 Å². The normalized spacial score (nSPS) is 29.8. The van der Waals surface area contributed by atoms with E-state index in [0.29, 0.717) is 12.2 Å². The third-order valence-electron chi connectivity index (χ3n) is 5.85. The Kier molecular flexibility index (Phi) is 4.26. The maximum atomic E-state index is 10.7. The third kappa shape index (κ3) is 2.90. The average Bonchev–Trinajstić information content (AvgIpc) is 2.63. The van der Waals surface area contributed by atoms with Gasteiger partial charge in [-0.25, -0.2) is 0 Å². The van der Waals surface area contributed by atoms with Crippen molar-refractivity contribution < 1.29 is 14.9 Å². The Labute approximate surface area is 154 Å². The number of ether oxygens (including phenoxy) is 1. The Hall–Kier alpha value is -2.28. The monoisotopic (exact) mass is 348 g/mol. The Balaban J connectivity index is 1.79. The fourth-order valence-electron chi connectivity index (χ4n) is 4.71. The highest BCUT2D eigenvalue weighted by atomic mass is 16.6. The number of rotatable bonds is 2. The van der Waals surface area contributed by atoms with Gasteiger partial charge >= 0.3 is 0 Å². The van der Waals surface area contributed by atoms with Gasteiger partial charge in [0, 0.05) is 11.8 Å². The first-order chi connectivity index (χ1) is 12.5. The van der Waals surface area contributed by atoms with Crippen LogP contribution in [0.15, 0.2) is 48.5 Å². The number of aliphatic hydroxyl groups is 1. The van der Waals surface area contributed by atoms with E-state index in [-0.39, 0.29) is 11.5 Å². The van der Waals surface area contributed by atoms with Gasteiger partial charge < -0.3 is 14.9 Å². The van der Waals surface area contributed by atoms with Crippen LogP contribution in [0.4, 0.5) is 0 Å². The molecule has 2 N–H and O–H groups in total. The van der Waals surface area contributed by atoms with E-state index in [9.17, 15) is 10.2 Å². The molecule has 3 unspecified atom stereocenters. The van der Waals surface area contributed by atoms with Gasteiger partial charge in [-0.1, -0.05) is 36.4 Å². The lowest BCUT2D eigenvalue weighted by Gasteiger charge is -2.51. The number of fused-ring (bicyclic) bond motifs is 3. The van der Waals surface area contributed by atoms with Gasteiger partial charge in [0.1, 0.15) is 5.75 Å². The minimum absolute atomic E-state index is 0.0978. The summed E-state index contributed by atoms with van der Waals surface area (Å²) in [5.41, 5.74) is 3.48. The van der Waals surface area contributed by atoms with Crippen molar-refractivity contribution in [2.24, 2.45) is 0 Å². The molecular weight excluding hydrogens is 324 g/mol. The molecule has 0 amide bonds. The van der Waals surface area contributed by atoms with Crippen LogP contribution in [-0.4, -0.2) is 22.1 Å². The number of aromatic hydroxyl groups is 1. The quantitative estimate of drug-likeness (QED) is 0.814. The Bertz CT molecular complexity index is 864. The largest absolute Gasteiger partial charge is 0.508 e. The van der Waals surface area contributed by atoms with Crippen LogP contribution in [0, 0.1) is 11.8 Å². The zero-order valence-corrected chi connectivity index (χ0v) is 15.0. The SMILES string of the molecule is CC#CC1(O)CCC2(Cc3ccccc3)c3ccc(O)cc3CCC2O1. The molecule has 0 saturated carbocycles. The van der Waals surface area contributed by atoms with Crippen LogP contribution < -0.4 is 0 Å². The molecule has 26 heavy (non-hydrogen) atoms. The molecule has 1 heterocycles. The summed E-state index contributed by atoms with van der Waals surface area (Å²) in [6.07, 6.45) is 3.69. The zero-order valence-electron chi connectivity index (χ0n) is 15.0. The van der Waals surface area contributed by atoms with E-state index < -0.39 is 5.79 Å². The van der Waals surface area contributed by atoms with Crippen LogP contribution >= 0.6 is 0 Å². The van der Waals surface area contributed by atoms with Crippen LogP contribution in [0.3, 0.4) is 0 Å². The van der Waals surface area contributed by atoms with Gasteiger partial charge in [-0.3, -0.25) is 0 Å². The van der Waals surface area contributed by atoms with Gasteiger partial charge in [0.25, 0.3) is 0 Å². The van der Waals surface area contributed by atoms with Gasteiger partial charge in [-0.05, 0) is 67.4 Å². The standard InChI is InChI=1S/C23H24O3/c1-2-12-23(25)14-13-22(16-17-6-4-3-5-7-17)20-10-9-19(24)15-18(20)8-11-21(22)26-23/h3-7,9-10,15,21,24-25H,8,11,13-14,16H2,1H3. The molecule has 3 nitrogen and oxygen atoms in total. The van der Waals surface area contributed by atoms with E-state index in [1.54, 1.807) is 13.0 Å². The van der Waals surface area contributed by atoms with Gasteiger partial charge in [0.2, 0.25) is 5.79 Å². The maximum absolute atomic E-state index is 10.7. The fourth-order valence-corrected chi connectivity index (χ4v) is 4.71. The molecule has 0 radical (unpaired) electrons. The molecule has 1 aliphatic heterocycles. The van der Waals surface area contributed by atoms with Crippen LogP contribution in [0.1, 0.15) is 42.9 Å². The predicted molar refractivity (Wildman–Crippen MR) is 101 cm³/mol. The first-order valence-electron chi connectivity index (χ1n) is 9.25. The summed E-state index contributed by atoms with van der Waals surface area (Å²) < 4.78 is 6.20. The van der Waals surface area contributed by atoms with E-state index in [4.69, 9.17) is 4.74 Å². The van der Waals surface area contributed by atoms with E-state index in [2.05, 4.69) is 36.1 Å². The molecule has 3 atom stereocenters. The predicted octanol–water partition coefficient (Wildman–Crippen LogP) is 3.71. The van der Waals surface area contributed by atoms with E-state index in [0.717, 1.165) is 25.7 Å². The zero-order chi connectivity index (χ0) is 18.2. The van der Waals surface area contributed by atoms with Crippen LogP contribution in [0.25, 0.3) is 0 Å². The van der Waals surface area contributed by atoms with E-state index >= 15 is 0 Å².